The van der Waals surface area contributed by atoms with Gasteiger partial charge in [0.1, 0.15) is 5.52 Å². The Morgan fingerprint density at radius 1 is 1.38 bits per heavy atom. The summed E-state index contributed by atoms with van der Waals surface area (Å²) in [5.74, 6) is 2.30. The summed E-state index contributed by atoms with van der Waals surface area (Å²) in [6.45, 7) is 0. The number of imidazole rings is 1. The highest BCUT2D eigenvalue weighted by atomic mass is 35.5. The molecule has 3 unspecified atom stereocenters. The third-order valence-electron chi connectivity index (χ3n) is 4.82. The molecule has 0 spiro atoms. The van der Waals surface area contributed by atoms with E-state index in [1.165, 1.54) is 32.0 Å². The molecule has 3 atom stereocenters. The Balaban J connectivity index is 1.45. The lowest BCUT2D eigenvalue weighted by Crippen LogP contribution is -2.21. The molecule has 0 radical (unpaired) electrons. The van der Waals surface area contributed by atoms with Gasteiger partial charge in [0.2, 0.25) is 11.9 Å². The van der Waals surface area contributed by atoms with Crippen LogP contribution in [0.15, 0.2) is 6.33 Å². The Kier molecular flexibility index (Phi) is 3.06. The molecule has 2 aliphatic carbocycles. The number of nitrogens with zero attached hydrogens (tertiary/aromatic N) is 3. The van der Waals surface area contributed by atoms with Crippen LogP contribution in [0.25, 0.3) is 11.2 Å². The van der Waals surface area contributed by atoms with Gasteiger partial charge in [0, 0.05) is 6.42 Å². The molecule has 110 valence electrons. The van der Waals surface area contributed by atoms with Gasteiger partial charge in [0.25, 0.3) is 0 Å². The Hall–Kier alpha value is -1.69. The first-order chi connectivity index (χ1) is 10.2. The number of aromatic amines is 1. The lowest BCUT2D eigenvalue weighted by Gasteiger charge is -2.20. The monoisotopic (exact) mass is 305 g/mol. The summed E-state index contributed by atoms with van der Waals surface area (Å²) >= 11 is 6.04. The maximum Gasteiger partial charge on any atom is 0.233 e. The number of nitrogens with one attached hydrogen (secondary N) is 2. The number of amides is 1. The van der Waals surface area contributed by atoms with Crippen molar-refractivity contribution in [2.75, 3.05) is 5.32 Å². The molecule has 2 heterocycles. The van der Waals surface area contributed by atoms with Gasteiger partial charge >= 0.3 is 0 Å². The molecule has 2 aromatic rings. The third kappa shape index (κ3) is 2.37. The van der Waals surface area contributed by atoms with Crippen LogP contribution in [-0.4, -0.2) is 25.8 Å². The molecule has 1 amide bonds. The Morgan fingerprint density at radius 3 is 3.05 bits per heavy atom. The number of carbonyl (C=O) groups excluding carboxylic acids is 1. The molecule has 0 aliphatic heterocycles. The maximum absolute atomic E-state index is 12.2. The van der Waals surface area contributed by atoms with E-state index in [1.54, 1.807) is 0 Å². The van der Waals surface area contributed by atoms with Crippen molar-refractivity contribution in [1.82, 2.24) is 19.9 Å². The van der Waals surface area contributed by atoms with Crippen molar-refractivity contribution in [3.8, 4) is 0 Å². The zero-order valence-electron chi connectivity index (χ0n) is 11.5. The molecule has 2 aromatic heterocycles. The number of fused-ring (bicyclic) bond motifs is 3. The van der Waals surface area contributed by atoms with E-state index in [0.717, 1.165) is 11.8 Å². The number of hydrogen-bond acceptors (Lipinski definition) is 4. The van der Waals surface area contributed by atoms with E-state index in [1.807, 2.05) is 0 Å². The second kappa shape index (κ2) is 4.94. The van der Waals surface area contributed by atoms with Crippen molar-refractivity contribution in [2.45, 2.75) is 32.1 Å². The van der Waals surface area contributed by atoms with Gasteiger partial charge in [-0.15, -0.1) is 0 Å². The van der Waals surface area contributed by atoms with Crippen molar-refractivity contribution in [3.63, 3.8) is 0 Å². The van der Waals surface area contributed by atoms with Crippen molar-refractivity contribution in [1.29, 1.82) is 0 Å². The molecule has 2 bridgehead atoms. The molecule has 2 N–H and O–H groups in total. The quantitative estimate of drug-likeness (QED) is 0.854. The molecular weight excluding hydrogens is 290 g/mol. The molecule has 2 saturated carbocycles. The van der Waals surface area contributed by atoms with Crippen LogP contribution in [0.1, 0.15) is 32.1 Å². The van der Waals surface area contributed by atoms with E-state index >= 15 is 0 Å². The largest absolute Gasteiger partial charge is 0.341 e. The summed E-state index contributed by atoms with van der Waals surface area (Å²) in [4.78, 5) is 27.3. The zero-order valence-corrected chi connectivity index (χ0v) is 12.2. The zero-order chi connectivity index (χ0) is 14.4. The molecule has 0 aromatic carbocycles. The first-order valence-corrected chi connectivity index (χ1v) is 7.73. The number of hydrogen-bond donors (Lipinski definition) is 2. The molecule has 2 aliphatic rings. The highest BCUT2D eigenvalue weighted by Gasteiger charge is 2.40. The van der Waals surface area contributed by atoms with Crippen LogP contribution in [-0.2, 0) is 4.79 Å². The van der Waals surface area contributed by atoms with Crippen molar-refractivity contribution in [3.05, 3.63) is 11.5 Å². The Bertz CT molecular complexity index is 700. The normalized spacial score (nSPS) is 27.4. The van der Waals surface area contributed by atoms with Crippen molar-refractivity contribution < 1.29 is 4.79 Å². The summed E-state index contributed by atoms with van der Waals surface area (Å²) < 4.78 is 0. The fourth-order valence-electron chi connectivity index (χ4n) is 3.89. The van der Waals surface area contributed by atoms with Gasteiger partial charge in [-0.2, -0.15) is 9.97 Å². The van der Waals surface area contributed by atoms with Gasteiger partial charge in [-0.3, -0.25) is 10.1 Å². The van der Waals surface area contributed by atoms with E-state index < -0.39 is 0 Å². The van der Waals surface area contributed by atoms with Crippen LogP contribution in [0.3, 0.4) is 0 Å². The molecule has 6 nitrogen and oxygen atoms in total. The number of aromatic nitrogens is 4. The topological polar surface area (TPSA) is 83.6 Å². The van der Waals surface area contributed by atoms with Crippen molar-refractivity contribution in [2.24, 2.45) is 17.8 Å². The first kappa shape index (κ1) is 13.0. The summed E-state index contributed by atoms with van der Waals surface area (Å²) in [6.07, 6.45) is 7.19. The average molecular weight is 306 g/mol. The maximum atomic E-state index is 12.2. The Labute approximate surface area is 126 Å². The average Bonchev–Trinajstić information content (AvgIpc) is 3.13. The standard InChI is InChI=1S/C14H16ClN5O/c15-12-11-13(17-6-16-11)20-14(19-12)18-10(21)5-9-4-7-1-2-8(9)3-7/h6-9H,1-5H2,(H2,16,17,18,19,20,21). The predicted molar refractivity (Wildman–Crippen MR) is 78.9 cm³/mol. The molecule has 2 fully saturated rings. The van der Waals surface area contributed by atoms with Gasteiger partial charge in [0.15, 0.2) is 10.8 Å². The number of anilines is 1. The number of carbonyl (C=O) groups is 1. The molecule has 21 heavy (non-hydrogen) atoms. The van der Waals surface area contributed by atoms with E-state index in [2.05, 4.69) is 25.3 Å². The van der Waals surface area contributed by atoms with E-state index in [-0.39, 0.29) is 17.0 Å². The molecule has 4 rings (SSSR count). The van der Waals surface area contributed by atoms with E-state index in [9.17, 15) is 4.79 Å². The Morgan fingerprint density at radius 2 is 2.29 bits per heavy atom. The van der Waals surface area contributed by atoms with E-state index in [0.29, 0.717) is 23.5 Å². The van der Waals surface area contributed by atoms with Crippen LogP contribution >= 0.6 is 11.6 Å². The number of halogens is 1. The SMILES string of the molecule is O=C(CC1CC2CCC1C2)Nc1nc(Cl)c2[nH]cnc2n1. The smallest absolute Gasteiger partial charge is 0.233 e. The summed E-state index contributed by atoms with van der Waals surface area (Å²) in [5.41, 5.74) is 1.05. The van der Waals surface area contributed by atoms with Crippen LogP contribution in [0.4, 0.5) is 5.95 Å². The number of H-pyrrole nitrogens is 1. The number of rotatable bonds is 3. The highest BCUT2D eigenvalue weighted by molar-refractivity contribution is 6.33. The predicted octanol–water partition coefficient (Wildman–Crippen LogP) is 2.77. The molecule has 7 heteroatoms. The van der Waals surface area contributed by atoms with Crippen molar-refractivity contribution >= 4 is 34.6 Å². The van der Waals surface area contributed by atoms with Crippen LogP contribution in [0.2, 0.25) is 5.15 Å². The van der Waals surface area contributed by atoms with Crippen LogP contribution < -0.4 is 5.32 Å². The lowest BCUT2D eigenvalue weighted by molar-refractivity contribution is -0.117. The molecule has 0 saturated heterocycles. The third-order valence-corrected chi connectivity index (χ3v) is 5.10. The second-order valence-electron chi connectivity index (χ2n) is 6.13. The summed E-state index contributed by atoms with van der Waals surface area (Å²) in [5, 5.41) is 3.02. The molecular formula is C14H16ClN5O. The minimum atomic E-state index is -0.0292. The second-order valence-corrected chi connectivity index (χ2v) is 6.48. The fraction of sp³-hybridized carbons (Fsp3) is 0.571. The minimum Gasteiger partial charge on any atom is -0.341 e. The fourth-order valence-corrected chi connectivity index (χ4v) is 4.11. The highest BCUT2D eigenvalue weighted by Crippen LogP contribution is 2.49. The minimum absolute atomic E-state index is 0.0292. The van der Waals surface area contributed by atoms with Gasteiger partial charge in [-0.25, -0.2) is 4.98 Å². The van der Waals surface area contributed by atoms with Crippen LogP contribution in [0.5, 0.6) is 0 Å². The lowest BCUT2D eigenvalue weighted by atomic mass is 9.86. The van der Waals surface area contributed by atoms with Gasteiger partial charge in [-0.05, 0) is 37.0 Å². The van der Waals surface area contributed by atoms with Crippen LogP contribution in [0, 0.1) is 17.8 Å². The van der Waals surface area contributed by atoms with E-state index in [4.69, 9.17) is 11.6 Å². The summed E-state index contributed by atoms with van der Waals surface area (Å²) in [7, 11) is 0. The van der Waals surface area contributed by atoms with Gasteiger partial charge in [0.05, 0.1) is 6.33 Å². The van der Waals surface area contributed by atoms with Gasteiger partial charge in [-0.1, -0.05) is 18.0 Å². The summed E-state index contributed by atoms with van der Waals surface area (Å²) in [6, 6.07) is 0. The first-order valence-electron chi connectivity index (χ1n) is 7.35. The van der Waals surface area contributed by atoms with Gasteiger partial charge < -0.3 is 4.98 Å².